The van der Waals surface area contributed by atoms with Gasteiger partial charge in [-0.2, -0.15) is 0 Å². The van der Waals surface area contributed by atoms with Crippen LogP contribution < -0.4 is 0 Å². The summed E-state index contributed by atoms with van der Waals surface area (Å²) in [6.07, 6.45) is 11.2. The Morgan fingerprint density at radius 2 is 1.52 bits per heavy atom. The molecule has 4 aliphatic carbocycles. The van der Waals surface area contributed by atoms with Gasteiger partial charge in [0, 0.05) is 6.54 Å². The van der Waals surface area contributed by atoms with Crippen LogP contribution in [0.5, 0.6) is 0 Å². The first-order chi connectivity index (χ1) is 10.3. The van der Waals surface area contributed by atoms with Gasteiger partial charge in [0.15, 0.2) is 0 Å². The van der Waals surface area contributed by atoms with Crippen LogP contribution in [0, 0.1) is 23.7 Å². The van der Waals surface area contributed by atoms with Gasteiger partial charge in [0.1, 0.15) is 0 Å². The molecule has 4 saturated carbocycles. The molecule has 1 heterocycles. The minimum absolute atomic E-state index is 0.291. The lowest BCUT2D eigenvalue weighted by Crippen LogP contribution is -2.50. The Balaban J connectivity index is 1.25. The molecule has 1 unspecified atom stereocenters. The summed E-state index contributed by atoms with van der Waals surface area (Å²) < 4.78 is 6.25. The monoisotopic (exact) mass is 293 g/mol. The molecule has 0 aromatic rings. The Labute approximate surface area is 129 Å². The van der Waals surface area contributed by atoms with Gasteiger partial charge in [-0.3, -0.25) is 0 Å². The molecule has 0 spiro atoms. The van der Waals surface area contributed by atoms with E-state index in [0.29, 0.717) is 12.7 Å². The van der Waals surface area contributed by atoms with Crippen LogP contribution in [-0.2, 0) is 4.74 Å². The highest BCUT2D eigenvalue weighted by Crippen LogP contribution is 2.54. The Morgan fingerprint density at radius 1 is 0.905 bits per heavy atom. The number of piperidine rings is 1. The number of hydrogen-bond donors (Lipinski definition) is 1. The zero-order valence-electron chi connectivity index (χ0n) is 13.3. The lowest BCUT2D eigenvalue weighted by Gasteiger charge is -2.54. The van der Waals surface area contributed by atoms with E-state index >= 15 is 0 Å². The highest BCUT2D eigenvalue weighted by Gasteiger charge is 2.48. The highest BCUT2D eigenvalue weighted by atomic mass is 16.5. The first kappa shape index (κ1) is 14.5. The second kappa shape index (κ2) is 6.17. The van der Waals surface area contributed by atoms with Crippen LogP contribution in [-0.4, -0.2) is 48.5 Å². The first-order valence-electron chi connectivity index (χ1n) is 9.30. The lowest BCUT2D eigenvalue weighted by atomic mass is 9.55. The molecule has 5 rings (SSSR count). The summed E-state index contributed by atoms with van der Waals surface area (Å²) in [6, 6.07) is 0. The van der Waals surface area contributed by atoms with E-state index in [9.17, 15) is 5.11 Å². The number of nitrogens with zero attached hydrogens (tertiary/aromatic N) is 1. The van der Waals surface area contributed by atoms with Crippen molar-refractivity contribution in [3.8, 4) is 0 Å². The zero-order valence-corrected chi connectivity index (χ0v) is 13.3. The molecule has 1 aliphatic heterocycles. The van der Waals surface area contributed by atoms with Gasteiger partial charge in [0.2, 0.25) is 0 Å². The predicted molar refractivity (Wildman–Crippen MR) is 83.1 cm³/mol. The maximum atomic E-state index is 10.3. The number of rotatable bonds is 5. The van der Waals surface area contributed by atoms with Crippen LogP contribution in [0.1, 0.15) is 51.4 Å². The molecule has 1 atom stereocenters. The van der Waals surface area contributed by atoms with Crippen molar-refractivity contribution in [1.29, 1.82) is 0 Å². The molecule has 3 heteroatoms. The molecule has 0 amide bonds. The molecular formula is C18H31NO2. The Kier molecular flexibility index (Phi) is 4.25. The quantitative estimate of drug-likeness (QED) is 0.846. The average molecular weight is 293 g/mol. The molecule has 0 radical (unpaired) electrons. The average Bonchev–Trinajstić information content (AvgIpc) is 2.47. The molecule has 4 bridgehead atoms. The van der Waals surface area contributed by atoms with E-state index in [0.717, 1.165) is 43.3 Å². The summed E-state index contributed by atoms with van der Waals surface area (Å²) in [5, 5.41) is 10.3. The van der Waals surface area contributed by atoms with Crippen molar-refractivity contribution in [2.75, 3.05) is 26.2 Å². The third-order valence-corrected chi connectivity index (χ3v) is 6.54. The number of β-amino-alcohol motifs (C(OH)–C–C–N with tert-alkyl or cyclic N) is 1. The van der Waals surface area contributed by atoms with Crippen LogP contribution in [0.15, 0.2) is 0 Å². The maximum absolute atomic E-state index is 10.3. The maximum Gasteiger partial charge on any atom is 0.0900 e. The van der Waals surface area contributed by atoms with Crippen LogP contribution in [0.3, 0.4) is 0 Å². The highest BCUT2D eigenvalue weighted by molar-refractivity contribution is 4.99. The number of aliphatic hydroxyl groups excluding tert-OH is 1. The first-order valence-corrected chi connectivity index (χ1v) is 9.30. The van der Waals surface area contributed by atoms with Crippen molar-refractivity contribution in [2.24, 2.45) is 23.7 Å². The van der Waals surface area contributed by atoms with E-state index in [2.05, 4.69) is 4.90 Å². The van der Waals surface area contributed by atoms with Gasteiger partial charge in [0.05, 0.1) is 18.8 Å². The SMILES string of the molecule is OC(COC1C2CC3CC(C2)CC1C3)CN1CCCCC1. The lowest BCUT2D eigenvalue weighted by molar-refractivity contribution is -0.141. The van der Waals surface area contributed by atoms with E-state index in [4.69, 9.17) is 4.74 Å². The fourth-order valence-electron chi connectivity index (χ4n) is 5.86. The number of ether oxygens (including phenoxy) is 1. The third kappa shape index (κ3) is 3.16. The molecule has 120 valence electrons. The van der Waals surface area contributed by atoms with E-state index < -0.39 is 0 Å². The van der Waals surface area contributed by atoms with Gasteiger partial charge in [-0.15, -0.1) is 0 Å². The summed E-state index contributed by atoms with van der Waals surface area (Å²) in [5.74, 6) is 3.63. The van der Waals surface area contributed by atoms with Gasteiger partial charge in [-0.05, 0) is 81.7 Å². The topological polar surface area (TPSA) is 32.7 Å². The number of hydrogen-bond acceptors (Lipinski definition) is 3. The van der Waals surface area contributed by atoms with Crippen molar-refractivity contribution in [3.05, 3.63) is 0 Å². The molecule has 1 saturated heterocycles. The molecule has 0 aromatic carbocycles. The van der Waals surface area contributed by atoms with E-state index in [-0.39, 0.29) is 6.10 Å². The molecule has 5 fully saturated rings. The molecule has 5 aliphatic rings. The normalized spacial score (nSPS) is 44.1. The minimum Gasteiger partial charge on any atom is -0.389 e. The third-order valence-electron chi connectivity index (χ3n) is 6.54. The molecular weight excluding hydrogens is 262 g/mol. The summed E-state index contributed by atoms with van der Waals surface area (Å²) >= 11 is 0. The summed E-state index contributed by atoms with van der Waals surface area (Å²) in [6.45, 7) is 3.70. The predicted octanol–water partition coefficient (Wildman–Crippen LogP) is 2.67. The van der Waals surface area contributed by atoms with Gasteiger partial charge >= 0.3 is 0 Å². The molecule has 21 heavy (non-hydrogen) atoms. The summed E-state index contributed by atoms with van der Waals surface area (Å²) in [4.78, 5) is 2.41. The second-order valence-electron chi connectivity index (χ2n) is 8.24. The van der Waals surface area contributed by atoms with Crippen molar-refractivity contribution in [3.63, 3.8) is 0 Å². The largest absolute Gasteiger partial charge is 0.389 e. The smallest absolute Gasteiger partial charge is 0.0900 e. The van der Waals surface area contributed by atoms with Gasteiger partial charge in [-0.1, -0.05) is 6.42 Å². The standard InChI is InChI=1S/C18H31NO2/c20-17(11-19-4-2-1-3-5-19)12-21-18-15-7-13-6-14(9-15)10-16(18)8-13/h13-18,20H,1-12H2. The van der Waals surface area contributed by atoms with E-state index in [1.54, 1.807) is 0 Å². The Bertz CT molecular complexity index is 325. The van der Waals surface area contributed by atoms with Crippen molar-refractivity contribution < 1.29 is 9.84 Å². The van der Waals surface area contributed by atoms with E-state index in [1.807, 2.05) is 0 Å². The van der Waals surface area contributed by atoms with E-state index in [1.165, 1.54) is 51.4 Å². The molecule has 3 nitrogen and oxygen atoms in total. The fourth-order valence-corrected chi connectivity index (χ4v) is 5.86. The molecule has 0 aromatic heterocycles. The second-order valence-corrected chi connectivity index (χ2v) is 8.24. The Hall–Kier alpha value is -0.120. The summed E-state index contributed by atoms with van der Waals surface area (Å²) in [7, 11) is 0. The van der Waals surface area contributed by atoms with Gasteiger partial charge in [-0.25, -0.2) is 0 Å². The van der Waals surface area contributed by atoms with Crippen molar-refractivity contribution >= 4 is 0 Å². The zero-order chi connectivity index (χ0) is 14.2. The van der Waals surface area contributed by atoms with Crippen LogP contribution in [0.4, 0.5) is 0 Å². The Morgan fingerprint density at radius 3 is 2.14 bits per heavy atom. The van der Waals surface area contributed by atoms with Crippen molar-refractivity contribution in [1.82, 2.24) is 4.90 Å². The van der Waals surface area contributed by atoms with Crippen LogP contribution in [0.25, 0.3) is 0 Å². The fraction of sp³-hybridized carbons (Fsp3) is 1.00. The van der Waals surface area contributed by atoms with Crippen LogP contribution >= 0.6 is 0 Å². The minimum atomic E-state index is -0.291. The van der Waals surface area contributed by atoms with Gasteiger partial charge < -0.3 is 14.7 Å². The van der Waals surface area contributed by atoms with Gasteiger partial charge in [0.25, 0.3) is 0 Å². The number of aliphatic hydroxyl groups is 1. The summed E-state index contributed by atoms with van der Waals surface area (Å²) in [5.41, 5.74) is 0. The molecule has 1 N–H and O–H groups in total. The number of likely N-dealkylation sites (tertiary alicyclic amines) is 1. The van der Waals surface area contributed by atoms with Crippen molar-refractivity contribution in [2.45, 2.75) is 63.6 Å². The van der Waals surface area contributed by atoms with Crippen LogP contribution in [0.2, 0.25) is 0 Å².